The summed E-state index contributed by atoms with van der Waals surface area (Å²) < 4.78 is 4.45. The first kappa shape index (κ1) is 8.70. The Hall–Kier alpha value is -1.39. The lowest BCUT2D eigenvalue weighted by Crippen LogP contribution is -2.45. The first-order chi connectivity index (χ1) is 5.66. The van der Waals surface area contributed by atoms with Crippen LogP contribution in [0.3, 0.4) is 0 Å². The maximum atomic E-state index is 11.0. The molecule has 1 fully saturated rings. The van der Waals surface area contributed by atoms with E-state index in [1.165, 1.54) is 7.11 Å². The summed E-state index contributed by atoms with van der Waals surface area (Å²) >= 11 is 0. The maximum absolute atomic E-state index is 11.0. The lowest BCUT2D eigenvalue weighted by Gasteiger charge is -2.20. The van der Waals surface area contributed by atoms with Crippen LogP contribution in [0.1, 0.15) is 6.42 Å². The number of ether oxygens (including phenoxy) is 1. The van der Waals surface area contributed by atoms with E-state index in [2.05, 4.69) is 10.1 Å². The number of hydrogen-bond donors (Lipinski definition) is 2. The first-order valence-electron chi connectivity index (χ1n) is 3.61. The standard InChI is InChI=1S/C7H10N2O3/c1-12-7(11)4-2-3-9-6(10)5(4)8/h4,8H,2-3H2,1H3,(H,9,10). The number of carbonyl (C=O) groups excluding carboxylic acids is 2. The average Bonchev–Trinajstić information content (AvgIpc) is 2.08. The molecule has 0 aliphatic carbocycles. The van der Waals surface area contributed by atoms with Crippen molar-refractivity contribution in [3.63, 3.8) is 0 Å². The molecule has 1 rings (SSSR count). The van der Waals surface area contributed by atoms with Gasteiger partial charge in [0.2, 0.25) is 0 Å². The second-order valence-corrected chi connectivity index (χ2v) is 2.53. The summed E-state index contributed by atoms with van der Waals surface area (Å²) in [5.74, 6) is -1.66. The van der Waals surface area contributed by atoms with E-state index in [9.17, 15) is 9.59 Å². The van der Waals surface area contributed by atoms with Crippen LogP contribution in [0, 0.1) is 11.3 Å². The Morgan fingerprint density at radius 3 is 3.00 bits per heavy atom. The van der Waals surface area contributed by atoms with Gasteiger partial charge in [-0.1, -0.05) is 0 Å². The SMILES string of the molecule is COC(=O)C1CCNC(=O)C1=N. The molecule has 0 bridgehead atoms. The van der Waals surface area contributed by atoms with Crippen LogP contribution in [0.15, 0.2) is 0 Å². The molecule has 5 heteroatoms. The Kier molecular flexibility index (Phi) is 2.42. The highest BCUT2D eigenvalue weighted by Crippen LogP contribution is 2.10. The van der Waals surface area contributed by atoms with Gasteiger partial charge in [-0.25, -0.2) is 0 Å². The van der Waals surface area contributed by atoms with E-state index in [0.29, 0.717) is 13.0 Å². The zero-order valence-electron chi connectivity index (χ0n) is 6.72. The summed E-state index contributed by atoms with van der Waals surface area (Å²) in [6.45, 7) is 0.432. The summed E-state index contributed by atoms with van der Waals surface area (Å²) in [6.07, 6.45) is 0.456. The van der Waals surface area contributed by atoms with Crippen molar-refractivity contribution < 1.29 is 14.3 Å². The molecule has 0 radical (unpaired) electrons. The molecule has 0 spiro atoms. The molecule has 1 aliphatic heterocycles. The second kappa shape index (κ2) is 3.34. The maximum Gasteiger partial charge on any atom is 0.315 e. The van der Waals surface area contributed by atoms with Crippen molar-refractivity contribution in [3.8, 4) is 0 Å². The quantitative estimate of drug-likeness (QED) is 0.511. The van der Waals surface area contributed by atoms with Crippen LogP contribution in [0.25, 0.3) is 0 Å². The summed E-state index contributed by atoms with van der Waals surface area (Å²) in [5.41, 5.74) is -0.201. The van der Waals surface area contributed by atoms with E-state index in [-0.39, 0.29) is 5.71 Å². The Bertz CT molecular complexity index is 237. The number of piperidine rings is 1. The van der Waals surface area contributed by atoms with Crippen LogP contribution in [0.4, 0.5) is 0 Å². The van der Waals surface area contributed by atoms with Gasteiger partial charge >= 0.3 is 5.97 Å². The van der Waals surface area contributed by atoms with Crippen LogP contribution < -0.4 is 5.32 Å². The number of carbonyl (C=O) groups is 2. The number of methoxy groups -OCH3 is 1. The minimum atomic E-state index is -0.677. The molecule has 0 aromatic carbocycles. The highest BCUT2D eigenvalue weighted by atomic mass is 16.5. The van der Waals surface area contributed by atoms with Crippen molar-refractivity contribution in [2.45, 2.75) is 6.42 Å². The van der Waals surface area contributed by atoms with Gasteiger partial charge in [0.05, 0.1) is 7.11 Å². The molecule has 12 heavy (non-hydrogen) atoms. The smallest absolute Gasteiger partial charge is 0.315 e. The van der Waals surface area contributed by atoms with Gasteiger partial charge in [0, 0.05) is 6.54 Å². The molecular formula is C7H10N2O3. The third-order valence-electron chi connectivity index (χ3n) is 1.80. The van der Waals surface area contributed by atoms with E-state index >= 15 is 0 Å². The fourth-order valence-electron chi connectivity index (χ4n) is 1.11. The predicted molar refractivity (Wildman–Crippen MR) is 40.9 cm³/mol. The van der Waals surface area contributed by atoms with Crippen LogP contribution >= 0.6 is 0 Å². The summed E-state index contributed by atoms with van der Waals surface area (Å²) in [5, 5.41) is 9.74. The third-order valence-corrected chi connectivity index (χ3v) is 1.80. The molecular weight excluding hydrogens is 160 g/mol. The number of esters is 1. The minimum absolute atomic E-state index is 0.201. The highest BCUT2D eigenvalue weighted by Gasteiger charge is 2.31. The molecule has 2 N–H and O–H groups in total. The minimum Gasteiger partial charge on any atom is -0.469 e. The predicted octanol–water partition coefficient (Wildman–Crippen LogP) is -0.685. The zero-order valence-corrected chi connectivity index (χ0v) is 6.72. The topological polar surface area (TPSA) is 79.2 Å². The van der Waals surface area contributed by atoms with Crippen LogP contribution in [-0.2, 0) is 14.3 Å². The van der Waals surface area contributed by atoms with Gasteiger partial charge in [-0.15, -0.1) is 0 Å². The van der Waals surface area contributed by atoms with Crippen LogP contribution in [-0.4, -0.2) is 31.2 Å². The van der Waals surface area contributed by atoms with Gasteiger partial charge in [-0.05, 0) is 6.42 Å². The fourth-order valence-corrected chi connectivity index (χ4v) is 1.11. The molecule has 0 aromatic rings. The van der Waals surface area contributed by atoms with Crippen LogP contribution in [0.5, 0.6) is 0 Å². The highest BCUT2D eigenvalue weighted by molar-refractivity contribution is 6.42. The second-order valence-electron chi connectivity index (χ2n) is 2.53. The molecule has 1 saturated heterocycles. The van der Waals surface area contributed by atoms with E-state index in [4.69, 9.17) is 5.41 Å². The van der Waals surface area contributed by atoms with Gasteiger partial charge in [-0.3, -0.25) is 15.0 Å². The van der Waals surface area contributed by atoms with Crippen molar-refractivity contribution >= 4 is 17.6 Å². The largest absolute Gasteiger partial charge is 0.469 e. The molecule has 1 aliphatic rings. The molecule has 0 aromatic heterocycles. The number of nitrogens with one attached hydrogen (secondary N) is 2. The average molecular weight is 170 g/mol. The van der Waals surface area contributed by atoms with Crippen molar-refractivity contribution in [1.82, 2.24) is 5.32 Å². The fraction of sp³-hybridized carbons (Fsp3) is 0.571. The van der Waals surface area contributed by atoms with E-state index < -0.39 is 17.8 Å². The summed E-state index contributed by atoms with van der Waals surface area (Å²) in [7, 11) is 1.25. The van der Waals surface area contributed by atoms with Crippen molar-refractivity contribution in [2.24, 2.45) is 5.92 Å². The van der Waals surface area contributed by atoms with E-state index in [0.717, 1.165) is 0 Å². The van der Waals surface area contributed by atoms with E-state index in [1.54, 1.807) is 0 Å². The van der Waals surface area contributed by atoms with Gasteiger partial charge in [-0.2, -0.15) is 0 Å². The monoisotopic (exact) mass is 170 g/mol. The van der Waals surface area contributed by atoms with Crippen molar-refractivity contribution in [2.75, 3.05) is 13.7 Å². The lowest BCUT2D eigenvalue weighted by atomic mass is 9.96. The summed E-state index contributed by atoms with van der Waals surface area (Å²) in [4.78, 5) is 21.9. The number of amides is 1. The Morgan fingerprint density at radius 1 is 1.75 bits per heavy atom. The van der Waals surface area contributed by atoms with E-state index in [1.807, 2.05) is 0 Å². The molecule has 66 valence electrons. The molecule has 1 amide bonds. The molecule has 5 nitrogen and oxygen atoms in total. The normalized spacial score (nSPS) is 23.2. The van der Waals surface area contributed by atoms with Gasteiger partial charge in [0.1, 0.15) is 11.6 Å². The van der Waals surface area contributed by atoms with Gasteiger partial charge < -0.3 is 10.1 Å². The zero-order chi connectivity index (χ0) is 9.14. The summed E-state index contributed by atoms with van der Waals surface area (Å²) in [6, 6.07) is 0. The van der Waals surface area contributed by atoms with Gasteiger partial charge in [0.15, 0.2) is 0 Å². The third kappa shape index (κ3) is 1.44. The first-order valence-corrected chi connectivity index (χ1v) is 3.61. The number of hydrogen-bond acceptors (Lipinski definition) is 4. The Morgan fingerprint density at radius 2 is 2.42 bits per heavy atom. The molecule has 0 saturated carbocycles. The van der Waals surface area contributed by atoms with Crippen molar-refractivity contribution in [3.05, 3.63) is 0 Å². The molecule has 1 heterocycles. The number of rotatable bonds is 1. The molecule has 1 atom stereocenters. The van der Waals surface area contributed by atoms with Crippen molar-refractivity contribution in [1.29, 1.82) is 5.41 Å². The van der Waals surface area contributed by atoms with Crippen LogP contribution in [0.2, 0.25) is 0 Å². The lowest BCUT2D eigenvalue weighted by molar-refractivity contribution is -0.144. The van der Waals surface area contributed by atoms with Gasteiger partial charge in [0.25, 0.3) is 5.91 Å². The Balaban J connectivity index is 2.70. The Labute approximate surface area is 69.6 Å². The molecule has 1 unspecified atom stereocenters.